The van der Waals surface area contributed by atoms with Crippen molar-refractivity contribution >= 4 is 41.3 Å². The summed E-state index contributed by atoms with van der Waals surface area (Å²) < 4.78 is 35.0. The minimum atomic E-state index is -2.74. The molecule has 0 radical (unpaired) electrons. The number of ether oxygens (including phenoxy) is 1. The Labute approximate surface area is 190 Å². The van der Waals surface area contributed by atoms with Gasteiger partial charge in [-0.2, -0.15) is 0 Å². The van der Waals surface area contributed by atoms with Gasteiger partial charge in [0.1, 0.15) is 12.7 Å². The number of nitrogens with zero attached hydrogens (tertiary/aromatic N) is 4. The van der Waals surface area contributed by atoms with Gasteiger partial charge in [0.15, 0.2) is 11.4 Å². The summed E-state index contributed by atoms with van der Waals surface area (Å²) in [5.41, 5.74) is 1.87. The van der Waals surface area contributed by atoms with E-state index in [0.29, 0.717) is 35.4 Å². The maximum Gasteiger partial charge on any atom is 0.223 e. The van der Waals surface area contributed by atoms with Gasteiger partial charge in [0, 0.05) is 18.2 Å². The average Bonchev–Trinajstić information content (AvgIpc) is 3.12. The molecular formula is C21H26ClFN5O3P. The lowest BCUT2D eigenvalue weighted by atomic mass is 10.1. The third kappa shape index (κ3) is 4.39. The molecule has 172 valence electrons. The van der Waals surface area contributed by atoms with E-state index in [1.165, 1.54) is 12.3 Å². The Morgan fingerprint density at radius 3 is 2.75 bits per heavy atom. The Bertz CT molecular complexity index is 1210. The number of nitrogens with one attached hydrogen (secondary N) is 1. The Morgan fingerprint density at radius 1 is 1.34 bits per heavy atom. The molecule has 0 aliphatic carbocycles. The predicted octanol–water partition coefficient (Wildman–Crippen LogP) is 3.68. The van der Waals surface area contributed by atoms with E-state index in [9.17, 15) is 9.67 Å². The first-order chi connectivity index (χ1) is 15.1. The van der Waals surface area contributed by atoms with Crippen LogP contribution in [0.4, 0.5) is 10.3 Å². The number of aliphatic hydroxyl groups is 1. The predicted molar refractivity (Wildman–Crippen MR) is 124 cm³/mol. The lowest BCUT2D eigenvalue weighted by molar-refractivity contribution is -0.0136. The first-order valence-electron chi connectivity index (χ1n) is 10.4. The molecule has 3 heterocycles. The van der Waals surface area contributed by atoms with E-state index in [0.717, 1.165) is 0 Å². The number of benzene rings is 1. The smallest absolute Gasteiger partial charge is 0.223 e. The summed E-state index contributed by atoms with van der Waals surface area (Å²) in [6.07, 6.45) is 1.36. The minimum Gasteiger partial charge on any atom is -0.389 e. The maximum atomic E-state index is 15.1. The van der Waals surface area contributed by atoms with Crippen molar-refractivity contribution in [3.8, 4) is 11.3 Å². The van der Waals surface area contributed by atoms with Crippen molar-refractivity contribution in [1.82, 2.24) is 19.5 Å². The Balaban J connectivity index is 1.81. The molecule has 2 aromatic heterocycles. The minimum absolute atomic E-state index is 0.0778. The molecule has 1 saturated heterocycles. The van der Waals surface area contributed by atoms with Gasteiger partial charge in [-0.25, -0.2) is 19.3 Å². The normalized spacial score (nSPS) is 19.6. The molecule has 11 heteroatoms. The van der Waals surface area contributed by atoms with Gasteiger partial charge in [-0.1, -0.05) is 11.6 Å². The number of anilines is 1. The molecule has 0 bridgehead atoms. The zero-order chi connectivity index (χ0) is 23.2. The highest BCUT2D eigenvalue weighted by Gasteiger charge is 2.27. The summed E-state index contributed by atoms with van der Waals surface area (Å²) in [5.74, 6) is -0.267. The molecule has 4 rings (SSSR count). The second-order valence-corrected chi connectivity index (χ2v) is 12.1. The monoisotopic (exact) mass is 481 g/mol. The fourth-order valence-electron chi connectivity index (χ4n) is 3.86. The van der Waals surface area contributed by atoms with Gasteiger partial charge in [-0.15, -0.1) is 0 Å². The van der Waals surface area contributed by atoms with E-state index < -0.39 is 19.1 Å². The van der Waals surface area contributed by atoms with Crippen molar-refractivity contribution in [2.24, 2.45) is 0 Å². The van der Waals surface area contributed by atoms with Crippen LogP contribution in [0.5, 0.6) is 0 Å². The molecule has 0 spiro atoms. The number of hydrogen-bond acceptors (Lipinski definition) is 7. The van der Waals surface area contributed by atoms with Crippen LogP contribution in [0.25, 0.3) is 22.3 Å². The van der Waals surface area contributed by atoms with E-state index in [4.69, 9.17) is 16.3 Å². The summed E-state index contributed by atoms with van der Waals surface area (Å²) >= 11 is 6.37. The third-order valence-electron chi connectivity index (χ3n) is 5.39. The van der Waals surface area contributed by atoms with Gasteiger partial charge in [0.05, 0.1) is 41.2 Å². The van der Waals surface area contributed by atoms with Gasteiger partial charge in [-0.3, -0.25) is 0 Å². The number of rotatable bonds is 5. The summed E-state index contributed by atoms with van der Waals surface area (Å²) in [7, 11) is -2.74. The van der Waals surface area contributed by atoms with Crippen LogP contribution in [-0.2, 0) is 9.30 Å². The van der Waals surface area contributed by atoms with Gasteiger partial charge in [-0.05, 0) is 45.7 Å². The Hall–Kier alpha value is -2.06. The zero-order valence-corrected chi connectivity index (χ0v) is 20.0. The van der Waals surface area contributed by atoms with Crippen LogP contribution < -0.4 is 10.9 Å². The average molecular weight is 482 g/mol. The van der Waals surface area contributed by atoms with Gasteiger partial charge >= 0.3 is 0 Å². The molecular weight excluding hydrogens is 456 g/mol. The largest absolute Gasteiger partial charge is 0.389 e. The van der Waals surface area contributed by atoms with Crippen molar-refractivity contribution in [3.05, 3.63) is 29.2 Å². The zero-order valence-electron chi connectivity index (χ0n) is 18.3. The second-order valence-electron chi connectivity index (χ2n) is 8.62. The third-order valence-corrected chi connectivity index (χ3v) is 6.94. The standard InChI is InChI=1S/C21H26ClFN5O3P/c1-11(2)28-16-8-12(7-14(23)19(16)27-21(28)32(3,4)30)18-13(22)9-24-20(26-18)25-15-5-6-31-10-17(15)29/h7-9,11,15,17,29H,5-6,10H2,1-4H3,(H,24,25,26)/t15-,17-/m1/s1. The van der Waals surface area contributed by atoms with Crippen molar-refractivity contribution < 1.29 is 18.8 Å². The summed E-state index contributed by atoms with van der Waals surface area (Å²) in [6.45, 7) is 7.87. The van der Waals surface area contributed by atoms with Crippen LogP contribution >= 0.6 is 18.7 Å². The van der Waals surface area contributed by atoms with Crippen molar-refractivity contribution in [2.75, 3.05) is 31.9 Å². The number of imidazole rings is 1. The number of aliphatic hydroxyl groups excluding tert-OH is 1. The molecule has 0 unspecified atom stereocenters. The topological polar surface area (TPSA) is 102 Å². The highest BCUT2D eigenvalue weighted by Crippen LogP contribution is 2.38. The van der Waals surface area contributed by atoms with E-state index in [1.807, 2.05) is 13.8 Å². The Morgan fingerprint density at radius 2 is 2.09 bits per heavy atom. The van der Waals surface area contributed by atoms with Crippen LogP contribution in [0.15, 0.2) is 18.3 Å². The molecule has 3 aromatic rings. The van der Waals surface area contributed by atoms with Crippen LogP contribution in [0.2, 0.25) is 5.02 Å². The number of aromatic nitrogens is 4. The molecule has 0 amide bonds. The molecule has 2 N–H and O–H groups in total. The molecule has 2 atom stereocenters. The Kier molecular flexibility index (Phi) is 6.29. The fourth-order valence-corrected chi connectivity index (χ4v) is 5.26. The first-order valence-corrected chi connectivity index (χ1v) is 13.4. The lowest BCUT2D eigenvalue weighted by Crippen LogP contribution is -2.42. The molecule has 1 aliphatic rings. The number of fused-ring (bicyclic) bond motifs is 1. The van der Waals surface area contributed by atoms with Crippen molar-refractivity contribution in [3.63, 3.8) is 0 Å². The van der Waals surface area contributed by atoms with Gasteiger partial charge in [0.25, 0.3) is 0 Å². The lowest BCUT2D eigenvalue weighted by Gasteiger charge is -2.28. The molecule has 32 heavy (non-hydrogen) atoms. The van der Waals surface area contributed by atoms with Crippen LogP contribution in [0, 0.1) is 5.82 Å². The number of halogens is 2. The van der Waals surface area contributed by atoms with E-state index >= 15 is 4.39 Å². The van der Waals surface area contributed by atoms with Crippen LogP contribution in [0.1, 0.15) is 26.3 Å². The fraction of sp³-hybridized carbons (Fsp3) is 0.476. The quantitative estimate of drug-likeness (QED) is 0.536. The molecule has 1 aliphatic heterocycles. The van der Waals surface area contributed by atoms with Crippen LogP contribution in [0.3, 0.4) is 0 Å². The molecule has 8 nitrogen and oxygen atoms in total. The first kappa shape index (κ1) is 23.1. The summed E-state index contributed by atoms with van der Waals surface area (Å²) in [6, 6.07) is 2.74. The van der Waals surface area contributed by atoms with E-state index in [1.54, 1.807) is 24.0 Å². The molecule has 1 aromatic carbocycles. The molecule has 0 saturated carbocycles. The SMILES string of the molecule is CC(C)n1c(P(C)(C)=O)nc2c(F)cc(-c3nc(N[C@@H]4CCOC[C@H]4O)ncc3Cl)cc21. The summed E-state index contributed by atoms with van der Waals surface area (Å²) in [4.78, 5) is 13.1. The highest BCUT2D eigenvalue weighted by molar-refractivity contribution is 7.69. The van der Waals surface area contributed by atoms with Crippen molar-refractivity contribution in [1.29, 1.82) is 0 Å². The van der Waals surface area contributed by atoms with E-state index in [2.05, 4.69) is 20.3 Å². The molecule has 1 fully saturated rings. The second kappa shape index (κ2) is 8.71. The van der Waals surface area contributed by atoms with Crippen molar-refractivity contribution in [2.45, 2.75) is 38.5 Å². The highest BCUT2D eigenvalue weighted by atomic mass is 35.5. The van der Waals surface area contributed by atoms with Gasteiger partial charge < -0.3 is 24.3 Å². The van der Waals surface area contributed by atoms with E-state index in [-0.39, 0.29) is 35.2 Å². The number of hydrogen-bond donors (Lipinski definition) is 2. The van der Waals surface area contributed by atoms with Gasteiger partial charge in [0.2, 0.25) is 5.95 Å². The maximum absolute atomic E-state index is 15.1. The summed E-state index contributed by atoms with van der Waals surface area (Å²) in [5, 5.41) is 13.5. The van der Waals surface area contributed by atoms with Crippen LogP contribution in [-0.4, -0.2) is 63.3 Å².